The van der Waals surface area contributed by atoms with Crippen molar-refractivity contribution in [2.24, 2.45) is 0 Å². The lowest BCUT2D eigenvalue weighted by Crippen LogP contribution is -2.00. The van der Waals surface area contributed by atoms with E-state index in [1.165, 1.54) is 6.07 Å². The topological polar surface area (TPSA) is 66.8 Å². The van der Waals surface area contributed by atoms with Crippen LogP contribution in [0.4, 0.5) is 0 Å². The monoisotopic (exact) mass is 272 g/mol. The van der Waals surface area contributed by atoms with Gasteiger partial charge in [-0.2, -0.15) is 0 Å². The lowest BCUT2D eigenvalue weighted by Gasteiger charge is -2.12. The molecule has 0 amide bonds. The third kappa shape index (κ3) is 2.97. The van der Waals surface area contributed by atoms with E-state index in [1.54, 1.807) is 12.1 Å². The summed E-state index contributed by atoms with van der Waals surface area (Å²) in [7, 11) is 0. The molecule has 0 radical (unpaired) electrons. The van der Waals surface area contributed by atoms with Gasteiger partial charge in [-0.3, -0.25) is 0 Å². The Morgan fingerprint density at radius 1 is 1.20 bits per heavy atom. The first-order valence-corrected chi connectivity index (χ1v) is 6.36. The van der Waals surface area contributed by atoms with Crippen LogP contribution < -0.4 is 4.74 Å². The van der Waals surface area contributed by atoms with Crippen molar-refractivity contribution < 1.29 is 19.7 Å². The molecule has 0 fully saturated rings. The van der Waals surface area contributed by atoms with E-state index in [0.29, 0.717) is 17.9 Å². The standard InChI is InChI=1S/C16H16O4/c1-2-20-15-7-6-13(16(18)19)9-14(15)12-5-3-4-11(8-12)10-17/h3-9,17H,2,10H2,1H3,(H,18,19). The molecule has 0 atom stereocenters. The van der Waals surface area contributed by atoms with Crippen molar-refractivity contribution in [3.05, 3.63) is 53.6 Å². The fraction of sp³-hybridized carbons (Fsp3) is 0.188. The summed E-state index contributed by atoms with van der Waals surface area (Å²) in [5, 5.41) is 18.3. The minimum absolute atomic E-state index is 0.0591. The number of ether oxygens (including phenoxy) is 1. The molecule has 104 valence electrons. The molecular formula is C16H16O4. The molecule has 0 spiro atoms. The van der Waals surface area contributed by atoms with Crippen LogP contribution in [0, 0.1) is 0 Å². The highest BCUT2D eigenvalue weighted by molar-refractivity contribution is 5.90. The summed E-state index contributed by atoms with van der Waals surface area (Å²) in [5.41, 5.74) is 2.51. The number of aliphatic hydroxyl groups excluding tert-OH is 1. The highest BCUT2D eigenvalue weighted by atomic mass is 16.5. The van der Waals surface area contributed by atoms with Crippen molar-refractivity contribution in [2.75, 3.05) is 6.61 Å². The Bertz CT molecular complexity index is 620. The van der Waals surface area contributed by atoms with Gasteiger partial charge < -0.3 is 14.9 Å². The van der Waals surface area contributed by atoms with Crippen LogP contribution in [-0.4, -0.2) is 22.8 Å². The first-order chi connectivity index (χ1) is 9.65. The van der Waals surface area contributed by atoms with Gasteiger partial charge in [-0.1, -0.05) is 18.2 Å². The number of aromatic carboxylic acids is 1. The van der Waals surface area contributed by atoms with Gasteiger partial charge in [0, 0.05) is 5.56 Å². The Balaban J connectivity index is 2.55. The summed E-state index contributed by atoms with van der Waals surface area (Å²) in [6.45, 7) is 2.31. The average molecular weight is 272 g/mol. The Labute approximate surface area is 117 Å². The first-order valence-electron chi connectivity index (χ1n) is 6.36. The van der Waals surface area contributed by atoms with E-state index < -0.39 is 5.97 Å². The average Bonchev–Trinajstić information content (AvgIpc) is 2.48. The maximum atomic E-state index is 11.1. The summed E-state index contributed by atoms with van der Waals surface area (Å²) in [6.07, 6.45) is 0. The van der Waals surface area contributed by atoms with Gasteiger partial charge in [0.05, 0.1) is 18.8 Å². The van der Waals surface area contributed by atoms with Crippen LogP contribution in [0.25, 0.3) is 11.1 Å². The second-order valence-corrected chi connectivity index (χ2v) is 4.31. The molecule has 0 aliphatic carbocycles. The van der Waals surface area contributed by atoms with Crippen LogP contribution in [0.5, 0.6) is 5.75 Å². The lowest BCUT2D eigenvalue weighted by molar-refractivity contribution is 0.0697. The zero-order valence-electron chi connectivity index (χ0n) is 11.2. The first kappa shape index (κ1) is 14.1. The Kier molecular flexibility index (Phi) is 4.38. The van der Waals surface area contributed by atoms with Gasteiger partial charge in [0.2, 0.25) is 0 Å². The number of benzene rings is 2. The maximum Gasteiger partial charge on any atom is 0.335 e. The molecule has 0 saturated heterocycles. The SMILES string of the molecule is CCOc1ccc(C(=O)O)cc1-c1cccc(CO)c1. The van der Waals surface area contributed by atoms with E-state index in [1.807, 2.05) is 31.2 Å². The number of hydrogen-bond acceptors (Lipinski definition) is 3. The van der Waals surface area contributed by atoms with Crippen molar-refractivity contribution >= 4 is 5.97 Å². The molecule has 4 nitrogen and oxygen atoms in total. The zero-order chi connectivity index (χ0) is 14.5. The van der Waals surface area contributed by atoms with E-state index in [-0.39, 0.29) is 12.2 Å². The predicted molar refractivity (Wildman–Crippen MR) is 75.9 cm³/mol. The van der Waals surface area contributed by atoms with Gasteiger partial charge >= 0.3 is 5.97 Å². The molecule has 0 aromatic heterocycles. The third-order valence-corrected chi connectivity index (χ3v) is 2.95. The van der Waals surface area contributed by atoms with Crippen LogP contribution >= 0.6 is 0 Å². The maximum absolute atomic E-state index is 11.1. The fourth-order valence-electron chi connectivity index (χ4n) is 2.01. The number of hydrogen-bond donors (Lipinski definition) is 2. The van der Waals surface area contributed by atoms with Crippen LogP contribution in [0.15, 0.2) is 42.5 Å². The summed E-state index contributed by atoms with van der Waals surface area (Å²) in [4.78, 5) is 11.1. The molecule has 0 heterocycles. The summed E-state index contributed by atoms with van der Waals surface area (Å²) in [5.74, 6) is -0.347. The number of rotatable bonds is 5. The van der Waals surface area contributed by atoms with E-state index in [4.69, 9.17) is 9.84 Å². The molecule has 4 heteroatoms. The molecule has 20 heavy (non-hydrogen) atoms. The molecule has 2 aromatic carbocycles. The molecule has 0 saturated carbocycles. The molecule has 2 aromatic rings. The largest absolute Gasteiger partial charge is 0.493 e. The van der Waals surface area contributed by atoms with Crippen molar-refractivity contribution in [3.63, 3.8) is 0 Å². The third-order valence-electron chi connectivity index (χ3n) is 2.95. The van der Waals surface area contributed by atoms with Gasteiger partial charge in [-0.25, -0.2) is 4.79 Å². The minimum atomic E-state index is -0.979. The molecular weight excluding hydrogens is 256 g/mol. The second kappa shape index (κ2) is 6.21. The highest BCUT2D eigenvalue weighted by Gasteiger charge is 2.11. The fourth-order valence-corrected chi connectivity index (χ4v) is 2.01. The molecule has 0 unspecified atom stereocenters. The number of aliphatic hydroxyl groups is 1. The minimum Gasteiger partial charge on any atom is -0.493 e. The smallest absolute Gasteiger partial charge is 0.335 e. The predicted octanol–water partition coefficient (Wildman–Crippen LogP) is 2.94. The van der Waals surface area contributed by atoms with E-state index in [0.717, 1.165) is 11.1 Å². The van der Waals surface area contributed by atoms with Crippen LogP contribution in [-0.2, 0) is 6.61 Å². The number of carboxylic acid groups (broad SMARTS) is 1. The van der Waals surface area contributed by atoms with Gasteiger partial charge in [0.1, 0.15) is 5.75 Å². The molecule has 0 aliphatic heterocycles. The second-order valence-electron chi connectivity index (χ2n) is 4.31. The quantitative estimate of drug-likeness (QED) is 0.878. The summed E-state index contributed by atoms with van der Waals surface area (Å²) < 4.78 is 5.54. The zero-order valence-corrected chi connectivity index (χ0v) is 11.2. The van der Waals surface area contributed by atoms with Gasteiger partial charge in [-0.15, -0.1) is 0 Å². The molecule has 2 N–H and O–H groups in total. The van der Waals surface area contributed by atoms with E-state index >= 15 is 0 Å². The lowest BCUT2D eigenvalue weighted by atomic mass is 10.00. The van der Waals surface area contributed by atoms with Gasteiger partial charge in [0.25, 0.3) is 0 Å². The van der Waals surface area contributed by atoms with Crippen molar-refractivity contribution in [3.8, 4) is 16.9 Å². The van der Waals surface area contributed by atoms with E-state index in [2.05, 4.69) is 0 Å². The van der Waals surface area contributed by atoms with Gasteiger partial charge in [-0.05, 0) is 42.3 Å². The van der Waals surface area contributed by atoms with Crippen LogP contribution in [0.1, 0.15) is 22.8 Å². The van der Waals surface area contributed by atoms with Crippen molar-refractivity contribution in [1.29, 1.82) is 0 Å². The Morgan fingerprint density at radius 2 is 2.00 bits per heavy atom. The molecule has 2 rings (SSSR count). The summed E-state index contributed by atoms with van der Waals surface area (Å²) in [6, 6.07) is 12.1. The molecule has 0 bridgehead atoms. The highest BCUT2D eigenvalue weighted by Crippen LogP contribution is 2.31. The Hall–Kier alpha value is -2.33. The van der Waals surface area contributed by atoms with Crippen molar-refractivity contribution in [2.45, 2.75) is 13.5 Å². The van der Waals surface area contributed by atoms with E-state index in [9.17, 15) is 9.90 Å². The number of carboxylic acids is 1. The van der Waals surface area contributed by atoms with Crippen LogP contribution in [0.3, 0.4) is 0 Å². The van der Waals surface area contributed by atoms with Crippen molar-refractivity contribution in [1.82, 2.24) is 0 Å². The number of carbonyl (C=O) groups is 1. The normalized spacial score (nSPS) is 10.3. The van der Waals surface area contributed by atoms with Gasteiger partial charge in [0.15, 0.2) is 0 Å². The Morgan fingerprint density at radius 3 is 2.65 bits per heavy atom. The molecule has 0 aliphatic rings. The summed E-state index contributed by atoms with van der Waals surface area (Å²) >= 11 is 0. The van der Waals surface area contributed by atoms with Crippen LogP contribution in [0.2, 0.25) is 0 Å².